The van der Waals surface area contributed by atoms with Gasteiger partial charge in [-0.2, -0.15) is 0 Å². The molecular weight excluding hydrogens is 840 g/mol. The summed E-state index contributed by atoms with van der Waals surface area (Å²) in [6.45, 7) is 20.0. The van der Waals surface area contributed by atoms with E-state index in [4.69, 9.17) is 0 Å². The molecule has 13 rings (SSSR count). The molecule has 5 aliphatic rings. The quantitative estimate of drug-likeness (QED) is 0.162. The zero-order valence-corrected chi connectivity index (χ0v) is 42.3. The molecular formula is C64H65BN2S. The van der Waals surface area contributed by atoms with E-state index in [0.29, 0.717) is 5.92 Å². The van der Waals surface area contributed by atoms with E-state index in [9.17, 15) is 0 Å². The third kappa shape index (κ3) is 6.27. The van der Waals surface area contributed by atoms with Gasteiger partial charge in [-0.15, -0.1) is 11.3 Å². The Bertz CT molecular complexity index is 3360. The number of hydrogen-bond donors (Lipinski definition) is 0. The summed E-state index contributed by atoms with van der Waals surface area (Å²) in [5.41, 5.74) is 22.7. The van der Waals surface area contributed by atoms with E-state index in [1.165, 1.54) is 167 Å². The minimum atomic E-state index is 0.0395. The molecule has 0 unspecified atom stereocenters. The summed E-state index contributed by atoms with van der Waals surface area (Å²) >= 11 is 2.00. The highest BCUT2D eigenvalue weighted by atomic mass is 32.1. The van der Waals surface area contributed by atoms with Crippen LogP contribution < -0.4 is 26.2 Å². The van der Waals surface area contributed by atoms with Gasteiger partial charge in [-0.05, 0) is 170 Å². The van der Waals surface area contributed by atoms with E-state index in [0.717, 1.165) is 0 Å². The first-order valence-electron chi connectivity index (χ1n) is 25.9. The topological polar surface area (TPSA) is 6.48 Å². The molecule has 0 bridgehead atoms. The Morgan fingerprint density at radius 2 is 1.09 bits per heavy atom. The summed E-state index contributed by atoms with van der Waals surface area (Å²) in [6, 6.07) is 52.9. The summed E-state index contributed by atoms with van der Waals surface area (Å²) in [5, 5.41) is 2.73. The van der Waals surface area contributed by atoms with Crippen LogP contribution in [0.5, 0.6) is 0 Å². The van der Waals surface area contributed by atoms with E-state index >= 15 is 0 Å². The van der Waals surface area contributed by atoms with E-state index in [1.807, 2.05) is 11.3 Å². The van der Waals surface area contributed by atoms with Crippen molar-refractivity contribution in [2.75, 3.05) is 9.80 Å². The van der Waals surface area contributed by atoms with Crippen LogP contribution in [-0.4, -0.2) is 6.71 Å². The molecule has 7 aromatic carbocycles. The van der Waals surface area contributed by atoms with Gasteiger partial charge in [0.15, 0.2) is 0 Å². The van der Waals surface area contributed by atoms with Crippen molar-refractivity contribution in [2.24, 2.45) is 0 Å². The first-order valence-corrected chi connectivity index (χ1v) is 26.7. The molecule has 0 spiro atoms. The highest BCUT2D eigenvalue weighted by molar-refractivity contribution is 7.28. The number of thiophene rings is 1. The highest BCUT2D eigenvalue weighted by Crippen LogP contribution is 2.54. The van der Waals surface area contributed by atoms with Gasteiger partial charge in [0, 0.05) is 48.8 Å². The van der Waals surface area contributed by atoms with Gasteiger partial charge in [0.2, 0.25) is 0 Å². The number of benzene rings is 7. The predicted octanol–water partition coefficient (Wildman–Crippen LogP) is 16.5. The minimum absolute atomic E-state index is 0.0395. The van der Waals surface area contributed by atoms with Crippen molar-refractivity contribution in [3.05, 3.63) is 161 Å². The molecule has 1 fully saturated rings. The first kappa shape index (κ1) is 42.5. The molecule has 3 heterocycles. The maximum atomic E-state index is 2.78. The summed E-state index contributed by atoms with van der Waals surface area (Å²) < 4.78 is 2.77. The molecule has 2 nitrogen and oxygen atoms in total. The molecule has 0 N–H and O–H groups in total. The molecule has 0 atom stereocenters. The van der Waals surface area contributed by atoms with Crippen LogP contribution in [0.25, 0.3) is 31.3 Å². The number of para-hydroxylation sites is 1. The summed E-state index contributed by atoms with van der Waals surface area (Å²) in [5.74, 6) is 0.524. The van der Waals surface area contributed by atoms with Gasteiger partial charge in [-0.3, -0.25) is 0 Å². The monoisotopic (exact) mass is 904 g/mol. The van der Waals surface area contributed by atoms with E-state index in [-0.39, 0.29) is 28.4 Å². The molecule has 8 aromatic rings. The summed E-state index contributed by atoms with van der Waals surface area (Å²) in [4.78, 5) is 5.50. The van der Waals surface area contributed by atoms with Crippen molar-refractivity contribution >= 4 is 88.7 Å². The third-order valence-corrected chi connectivity index (χ3v) is 19.2. The third-order valence-electron chi connectivity index (χ3n) is 18.0. The zero-order chi connectivity index (χ0) is 46.5. The van der Waals surface area contributed by atoms with Crippen molar-refractivity contribution in [1.82, 2.24) is 0 Å². The van der Waals surface area contributed by atoms with Crippen LogP contribution in [0.2, 0.25) is 0 Å². The lowest BCUT2D eigenvalue weighted by molar-refractivity contribution is 0.332. The second-order valence-electron chi connectivity index (χ2n) is 24.0. The number of fused-ring (bicyclic) bond motifs is 10. The normalized spacial score (nSPS) is 19.6. The molecule has 0 saturated heterocycles. The van der Waals surface area contributed by atoms with Gasteiger partial charge in [-0.1, -0.05) is 160 Å². The molecule has 2 aliphatic heterocycles. The second kappa shape index (κ2) is 15.0. The molecule has 1 saturated carbocycles. The average Bonchev–Trinajstić information content (AvgIpc) is 3.73. The first-order chi connectivity index (χ1) is 32.7. The zero-order valence-electron chi connectivity index (χ0n) is 41.5. The van der Waals surface area contributed by atoms with Gasteiger partial charge in [0.05, 0.1) is 5.69 Å². The van der Waals surface area contributed by atoms with Gasteiger partial charge < -0.3 is 9.80 Å². The van der Waals surface area contributed by atoms with Crippen molar-refractivity contribution in [1.29, 1.82) is 0 Å². The number of anilines is 6. The smallest absolute Gasteiger partial charge is 0.254 e. The van der Waals surface area contributed by atoms with Crippen LogP contribution in [0.15, 0.2) is 133 Å². The average molecular weight is 905 g/mol. The Hall–Kier alpha value is -5.58. The fraction of sp³-hybridized carbons (Fsp3) is 0.344. The van der Waals surface area contributed by atoms with Crippen LogP contribution in [-0.2, 0) is 21.7 Å². The van der Waals surface area contributed by atoms with Crippen molar-refractivity contribution in [2.45, 2.75) is 141 Å². The van der Waals surface area contributed by atoms with Gasteiger partial charge in [0.25, 0.3) is 6.71 Å². The van der Waals surface area contributed by atoms with Crippen LogP contribution in [0.3, 0.4) is 0 Å². The van der Waals surface area contributed by atoms with Crippen molar-refractivity contribution in [3.8, 4) is 11.1 Å². The fourth-order valence-electron chi connectivity index (χ4n) is 13.8. The Balaban J connectivity index is 1.20. The van der Waals surface area contributed by atoms with E-state index in [1.54, 1.807) is 0 Å². The predicted molar refractivity (Wildman–Crippen MR) is 295 cm³/mol. The van der Waals surface area contributed by atoms with E-state index in [2.05, 4.69) is 199 Å². The fourth-order valence-corrected chi connectivity index (χ4v) is 15.1. The van der Waals surface area contributed by atoms with Gasteiger partial charge >= 0.3 is 0 Å². The van der Waals surface area contributed by atoms with Crippen LogP contribution in [0, 0.1) is 0 Å². The standard InChI is InChI=1S/C64H65BN2S/c1-61(2)31-32-62(3,4)48-37-43(27-29-47(48)61)66-54-39-50-49(63(5,6)33-34-64(50,7)8)38-51(54)65-58-55(66)35-42(40-19-11-9-12-20-40)36-56(58)67(52-25-17-15-23-44(52)41-21-13-10-14-22-41)53-30-28-46-45-24-16-18-26-57(45)68-60(46)59(53)65/h10,13-18,21-30,35-40H,9,11-12,19-20,31-34H2,1-8H3. The maximum Gasteiger partial charge on any atom is 0.254 e. The van der Waals surface area contributed by atoms with Gasteiger partial charge in [-0.25, -0.2) is 0 Å². The van der Waals surface area contributed by atoms with E-state index < -0.39 is 0 Å². The summed E-state index contributed by atoms with van der Waals surface area (Å²) in [7, 11) is 0. The van der Waals surface area contributed by atoms with Crippen molar-refractivity contribution < 1.29 is 0 Å². The molecule has 68 heavy (non-hydrogen) atoms. The second-order valence-corrected chi connectivity index (χ2v) is 25.0. The lowest BCUT2D eigenvalue weighted by atomic mass is 9.33. The Morgan fingerprint density at radius 1 is 0.471 bits per heavy atom. The van der Waals surface area contributed by atoms with Crippen molar-refractivity contribution in [3.63, 3.8) is 0 Å². The lowest BCUT2D eigenvalue weighted by Gasteiger charge is -2.48. The molecule has 1 aromatic heterocycles. The molecule has 340 valence electrons. The molecule has 0 radical (unpaired) electrons. The maximum absolute atomic E-state index is 2.78. The highest BCUT2D eigenvalue weighted by Gasteiger charge is 2.48. The Kier molecular flexibility index (Phi) is 9.36. The number of hydrogen-bond acceptors (Lipinski definition) is 3. The Morgan fingerprint density at radius 3 is 1.82 bits per heavy atom. The molecule has 4 heteroatoms. The largest absolute Gasteiger partial charge is 0.311 e. The van der Waals surface area contributed by atoms with Crippen LogP contribution >= 0.6 is 11.3 Å². The molecule has 3 aliphatic carbocycles. The number of nitrogens with zero attached hydrogens (tertiary/aromatic N) is 2. The SMILES string of the molecule is CC1(C)CCC(C)(C)c2cc(N3c4cc5c(cc4B4c6c3cc(C3CCCCC3)cc6N(c3ccccc3-c3ccccc3)c3ccc6c(sc7ccccc76)c34)C(C)(C)CCC5(C)C)ccc21. The van der Waals surface area contributed by atoms with Gasteiger partial charge in [0.1, 0.15) is 0 Å². The summed E-state index contributed by atoms with van der Waals surface area (Å²) in [6.07, 6.45) is 11.2. The lowest BCUT2D eigenvalue weighted by Crippen LogP contribution is -2.62. The minimum Gasteiger partial charge on any atom is -0.311 e. The van der Waals surface area contributed by atoms with Crippen LogP contribution in [0.4, 0.5) is 34.1 Å². The number of rotatable bonds is 4. The Labute approximate surface area is 409 Å². The van der Waals surface area contributed by atoms with Crippen LogP contribution in [0.1, 0.15) is 147 Å². The molecule has 0 amide bonds.